The second-order valence-electron chi connectivity index (χ2n) is 4.07. The SMILES string of the molecule is CCOc1ccc(NCc2ccnn2CC)cc1Cl. The van der Waals surface area contributed by atoms with Crippen molar-refractivity contribution in [2.24, 2.45) is 0 Å². The van der Waals surface area contributed by atoms with E-state index in [0.29, 0.717) is 17.4 Å². The molecule has 19 heavy (non-hydrogen) atoms. The van der Waals surface area contributed by atoms with Crippen LogP contribution in [0.15, 0.2) is 30.5 Å². The smallest absolute Gasteiger partial charge is 0.138 e. The molecule has 1 heterocycles. The second-order valence-corrected chi connectivity index (χ2v) is 4.48. The van der Waals surface area contributed by atoms with Crippen molar-refractivity contribution in [2.75, 3.05) is 11.9 Å². The van der Waals surface area contributed by atoms with Crippen molar-refractivity contribution in [2.45, 2.75) is 26.9 Å². The summed E-state index contributed by atoms with van der Waals surface area (Å²) in [5.74, 6) is 0.716. The average Bonchev–Trinajstić information content (AvgIpc) is 2.87. The van der Waals surface area contributed by atoms with E-state index in [4.69, 9.17) is 16.3 Å². The van der Waals surface area contributed by atoms with Gasteiger partial charge in [0.15, 0.2) is 0 Å². The minimum Gasteiger partial charge on any atom is -0.492 e. The molecule has 0 aliphatic rings. The van der Waals surface area contributed by atoms with Gasteiger partial charge in [-0.3, -0.25) is 4.68 Å². The molecular weight excluding hydrogens is 262 g/mol. The lowest BCUT2D eigenvalue weighted by Gasteiger charge is -2.10. The Balaban J connectivity index is 2.02. The summed E-state index contributed by atoms with van der Waals surface area (Å²) in [7, 11) is 0. The molecule has 4 nitrogen and oxygen atoms in total. The molecule has 0 fully saturated rings. The molecule has 0 aliphatic carbocycles. The Labute approximate surface area is 118 Å². The van der Waals surface area contributed by atoms with E-state index in [0.717, 1.165) is 24.5 Å². The third-order valence-electron chi connectivity index (χ3n) is 2.81. The number of ether oxygens (including phenoxy) is 1. The largest absolute Gasteiger partial charge is 0.492 e. The zero-order chi connectivity index (χ0) is 13.7. The lowest BCUT2D eigenvalue weighted by molar-refractivity contribution is 0.340. The summed E-state index contributed by atoms with van der Waals surface area (Å²) in [5, 5.41) is 8.19. The maximum atomic E-state index is 6.14. The van der Waals surface area contributed by atoms with E-state index in [9.17, 15) is 0 Å². The van der Waals surface area contributed by atoms with E-state index in [1.807, 2.05) is 42.1 Å². The lowest BCUT2D eigenvalue weighted by Crippen LogP contribution is -2.07. The highest BCUT2D eigenvalue weighted by molar-refractivity contribution is 6.32. The fourth-order valence-corrected chi connectivity index (χ4v) is 2.11. The summed E-state index contributed by atoms with van der Waals surface area (Å²) >= 11 is 6.14. The minimum atomic E-state index is 0.613. The van der Waals surface area contributed by atoms with Gasteiger partial charge >= 0.3 is 0 Å². The molecule has 0 saturated heterocycles. The Kier molecular flexibility index (Phi) is 4.68. The maximum absolute atomic E-state index is 6.14. The number of anilines is 1. The monoisotopic (exact) mass is 279 g/mol. The first kappa shape index (κ1) is 13.7. The number of hydrogen-bond acceptors (Lipinski definition) is 3. The fraction of sp³-hybridized carbons (Fsp3) is 0.357. The molecule has 0 amide bonds. The topological polar surface area (TPSA) is 39.1 Å². The van der Waals surface area contributed by atoms with Crippen molar-refractivity contribution in [1.29, 1.82) is 0 Å². The summed E-state index contributed by atoms with van der Waals surface area (Å²) in [6.07, 6.45) is 1.81. The molecule has 1 N–H and O–H groups in total. The molecule has 102 valence electrons. The molecule has 1 aromatic carbocycles. The molecule has 5 heteroatoms. The highest BCUT2D eigenvalue weighted by Crippen LogP contribution is 2.27. The molecule has 1 aromatic heterocycles. The normalized spacial score (nSPS) is 10.5. The first-order valence-electron chi connectivity index (χ1n) is 6.41. The number of rotatable bonds is 6. The summed E-state index contributed by atoms with van der Waals surface area (Å²) in [4.78, 5) is 0. The highest BCUT2D eigenvalue weighted by Gasteiger charge is 2.04. The third kappa shape index (κ3) is 3.41. The summed E-state index contributed by atoms with van der Waals surface area (Å²) in [6, 6.07) is 7.72. The minimum absolute atomic E-state index is 0.613. The van der Waals surface area contributed by atoms with Gasteiger partial charge in [-0.25, -0.2) is 0 Å². The van der Waals surface area contributed by atoms with Crippen molar-refractivity contribution in [1.82, 2.24) is 9.78 Å². The van der Waals surface area contributed by atoms with Crippen LogP contribution in [0, 0.1) is 0 Å². The molecule has 2 rings (SSSR count). The van der Waals surface area contributed by atoms with Crippen LogP contribution >= 0.6 is 11.6 Å². The van der Waals surface area contributed by atoms with Crippen LogP contribution in [0.2, 0.25) is 5.02 Å². The van der Waals surface area contributed by atoms with Crippen molar-refractivity contribution in [3.8, 4) is 5.75 Å². The standard InChI is InChI=1S/C14H18ClN3O/c1-3-18-12(7-8-17-18)10-16-11-5-6-14(19-4-2)13(15)9-11/h5-9,16H,3-4,10H2,1-2H3. The molecule has 0 spiro atoms. The number of hydrogen-bond donors (Lipinski definition) is 1. The van der Waals surface area contributed by atoms with Gasteiger partial charge in [0, 0.05) is 18.4 Å². The molecule has 0 bridgehead atoms. The lowest BCUT2D eigenvalue weighted by atomic mass is 10.3. The Morgan fingerprint density at radius 2 is 2.16 bits per heavy atom. The molecule has 0 saturated carbocycles. The van der Waals surface area contributed by atoms with Crippen molar-refractivity contribution >= 4 is 17.3 Å². The van der Waals surface area contributed by atoms with Crippen molar-refractivity contribution in [3.63, 3.8) is 0 Å². The number of halogens is 1. The Hall–Kier alpha value is -1.68. The van der Waals surface area contributed by atoms with Gasteiger partial charge in [0.05, 0.1) is 23.9 Å². The summed E-state index contributed by atoms with van der Waals surface area (Å²) in [6.45, 7) is 6.22. The Morgan fingerprint density at radius 3 is 2.84 bits per heavy atom. The van der Waals surface area contributed by atoms with Crippen LogP contribution in [0.1, 0.15) is 19.5 Å². The van der Waals surface area contributed by atoms with E-state index < -0.39 is 0 Å². The van der Waals surface area contributed by atoms with E-state index in [1.165, 1.54) is 0 Å². The van der Waals surface area contributed by atoms with E-state index in [1.54, 1.807) is 0 Å². The average molecular weight is 280 g/mol. The van der Waals surface area contributed by atoms with Gasteiger partial charge in [-0.1, -0.05) is 11.6 Å². The highest BCUT2D eigenvalue weighted by atomic mass is 35.5. The number of benzene rings is 1. The van der Waals surface area contributed by atoms with Gasteiger partial charge in [-0.05, 0) is 38.1 Å². The van der Waals surface area contributed by atoms with Gasteiger partial charge < -0.3 is 10.1 Å². The quantitative estimate of drug-likeness (QED) is 0.879. The van der Waals surface area contributed by atoms with Gasteiger partial charge in [-0.15, -0.1) is 0 Å². The maximum Gasteiger partial charge on any atom is 0.138 e. The van der Waals surface area contributed by atoms with E-state index in [-0.39, 0.29) is 0 Å². The molecule has 0 unspecified atom stereocenters. The Bertz CT molecular complexity index is 539. The predicted octanol–water partition coefficient (Wildman–Crippen LogP) is 3.57. The van der Waals surface area contributed by atoms with Gasteiger partial charge in [0.1, 0.15) is 5.75 Å². The van der Waals surface area contributed by atoms with Crippen molar-refractivity contribution < 1.29 is 4.74 Å². The number of nitrogens with zero attached hydrogens (tertiary/aromatic N) is 2. The number of nitrogens with one attached hydrogen (secondary N) is 1. The van der Waals surface area contributed by atoms with Crippen LogP contribution in [0.25, 0.3) is 0 Å². The van der Waals surface area contributed by atoms with Crippen LogP contribution < -0.4 is 10.1 Å². The first-order chi connectivity index (χ1) is 9.24. The van der Waals surface area contributed by atoms with Gasteiger partial charge in [0.25, 0.3) is 0 Å². The van der Waals surface area contributed by atoms with Crippen LogP contribution in [-0.2, 0) is 13.1 Å². The van der Waals surface area contributed by atoms with Crippen LogP contribution in [0.3, 0.4) is 0 Å². The van der Waals surface area contributed by atoms with Crippen LogP contribution in [-0.4, -0.2) is 16.4 Å². The van der Waals surface area contributed by atoms with Crippen LogP contribution in [0.4, 0.5) is 5.69 Å². The van der Waals surface area contributed by atoms with E-state index in [2.05, 4.69) is 17.3 Å². The third-order valence-corrected chi connectivity index (χ3v) is 3.10. The molecule has 0 atom stereocenters. The fourth-order valence-electron chi connectivity index (χ4n) is 1.87. The zero-order valence-electron chi connectivity index (χ0n) is 11.2. The number of aromatic nitrogens is 2. The predicted molar refractivity (Wildman–Crippen MR) is 77.8 cm³/mol. The second kappa shape index (κ2) is 6.48. The number of aryl methyl sites for hydroxylation is 1. The molecule has 0 radical (unpaired) electrons. The van der Waals surface area contributed by atoms with Crippen LogP contribution in [0.5, 0.6) is 5.75 Å². The molecular formula is C14H18ClN3O. The Morgan fingerprint density at radius 1 is 1.32 bits per heavy atom. The molecule has 0 aliphatic heterocycles. The van der Waals surface area contributed by atoms with Gasteiger partial charge in [-0.2, -0.15) is 5.10 Å². The summed E-state index contributed by atoms with van der Waals surface area (Å²) < 4.78 is 7.37. The molecule has 2 aromatic rings. The van der Waals surface area contributed by atoms with Crippen molar-refractivity contribution in [3.05, 3.63) is 41.2 Å². The first-order valence-corrected chi connectivity index (χ1v) is 6.79. The van der Waals surface area contributed by atoms with E-state index >= 15 is 0 Å². The zero-order valence-corrected chi connectivity index (χ0v) is 11.9. The summed E-state index contributed by atoms with van der Waals surface area (Å²) in [5.41, 5.74) is 2.12. The van der Waals surface area contributed by atoms with Gasteiger partial charge in [0.2, 0.25) is 0 Å².